The van der Waals surface area contributed by atoms with E-state index in [9.17, 15) is 18.0 Å². The highest BCUT2D eigenvalue weighted by Gasteiger charge is 2.36. The minimum absolute atomic E-state index is 0.0422. The van der Waals surface area contributed by atoms with Crippen molar-refractivity contribution in [1.29, 1.82) is 0 Å². The molecule has 1 aliphatic carbocycles. The summed E-state index contributed by atoms with van der Waals surface area (Å²) in [6.45, 7) is 0. The zero-order valence-electron chi connectivity index (χ0n) is 16.4. The van der Waals surface area contributed by atoms with Crippen molar-refractivity contribution in [2.24, 2.45) is 18.9 Å². The number of nitrogens with zero attached hydrogens (tertiary/aromatic N) is 2. The third kappa shape index (κ3) is 5.14. The lowest BCUT2D eigenvalue weighted by atomic mass is 9.75. The van der Waals surface area contributed by atoms with Gasteiger partial charge in [0, 0.05) is 36.0 Å². The molecule has 156 valence electrons. The lowest BCUT2D eigenvalue weighted by molar-refractivity contribution is -0.132. The van der Waals surface area contributed by atoms with E-state index in [1.54, 1.807) is 0 Å². The van der Waals surface area contributed by atoms with Gasteiger partial charge in [0.15, 0.2) is 14.9 Å². The number of sulfone groups is 1. The lowest BCUT2D eigenvalue weighted by Gasteiger charge is -2.29. The van der Waals surface area contributed by atoms with Crippen molar-refractivity contribution in [3.63, 3.8) is 0 Å². The first-order valence-corrected chi connectivity index (χ1v) is 12.2. The third-order valence-corrected chi connectivity index (χ3v) is 7.02. The first kappa shape index (κ1) is 21.7. The number of carbonyl (C=O) groups excluding carboxylic acids is 2. The van der Waals surface area contributed by atoms with Crippen molar-refractivity contribution in [3.05, 3.63) is 40.5 Å². The summed E-state index contributed by atoms with van der Waals surface area (Å²) in [6.07, 6.45) is 5.73. The average Bonchev–Trinajstić information content (AvgIpc) is 3.04. The van der Waals surface area contributed by atoms with Gasteiger partial charge < -0.3 is 5.32 Å². The Bertz CT molecular complexity index is 1010. The zero-order valence-corrected chi connectivity index (χ0v) is 18.8. The maximum absolute atomic E-state index is 13.0. The van der Waals surface area contributed by atoms with Crippen LogP contribution in [-0.4, -0.2) is 36.1 Å². The van der Waals surface area contributed by atoms with Gasteiger partial charge in [-0.3, -0.25) is 14.3 Å². The summed E-state index contributed by atoms with van der Waals surface area (Å²) >= 11 is 3.38. The number of halogens is 1. The van der Waals surface area contributed by atoms with Gasteiger partial charge in [-0.15, -0.1) is 0 Å². The number of benzene rings is 1. The van der Waals surface area contributed by atoms with Crippen LogP contribution in [-0.2, 0) is 32.9 Å². The molecule has 0 unspecified atom stereocenters. The molecule has 1 fully saturated rings. The number of ketones is 1. The smallest absolute Gasteiger partial charge is 0.228 e. The Labute approximate surface area is 178 Å². The number of hydrogen-bond donors (Lipinski definition) is 1. The number of amides is 1. The van der Waals surface area contributed by atoms with E-state index in [-0.39, 0.29) is 34.7 Å². The van der Waals surface area contributed by atoms with Crippen molar-refractivity contribution in [2.45, 2.75) is 37.1 Å². The molecule has 9 heteroatoms. The monoisotopic (exact) mass is 481 g/mol. The maximum Gasteiger partial charge on any atom is 0.228 e. The molecule has 2 aromatic rings. The molecule has 0 saturated heterocycles. The van der Waals surface area contributed by atoms with E-state index in [4.69, 9.17) is 0 Å². The Morgan fingerprint density at radius 2 is 1.79 bits per heavy atom. The van der Waals surface area contributed by atoms with Crippen molar-refractivity contribution >= 4 is 43.1 Å². The van der Waals surface area contributed by atoms with Crippen LogP contribution < -0.4 is 5.32 Å². The summed E-state index contributed by atoms with van der Waals surface area (Å²) < 4.78 is 26.2. The minimum Gasteiger partial charge on any atom is -0.322 e. The third-order valence-electron chi connectivity index (χ3n) is 5.30. The number of Topliss-reactive ketones (excluding diaryl/α,β-unsaturated/α-hetero) is 1. The molecule has 1 heterocycles. The second-order valence-corrected chi connectivity index (χ2v) is 10.4. The van der Waals surface area contributed by atoms with E-state index >= 15 is 0 Å². The van der Waals surface area contributed by atoms with Crippen LogP contribution in [0.25, 0.3) is 0 Å². The van der Waals surface area contributed by atoms with Crippen LogP contribution in [0.15, 0.2) is 40.0 Å². The fourth-order valence-electron chi connectivity index (χ4n) is 3.94. The van der Waals surface area contributed by atoms with E-state index in [0.29, 0.717) is 12.8 Å². The first-order chi connectivity index (χ1) is 13.7. The largest absolute Gasteiger partial charge is 0.322 e. The fraction of sp³-hybridized carbons (Fsp3) is 0.450. The summed E-state index contributed by atoms with van der Waals surface area (Å²) in [7, 11) is -2.05. The molecule has 1 saturated carbocycles. The van der Waals surface area contributed by atoms with E-state index in [2.05, 4.69) is 26.3 Å². The van der Waals surface area contributed by atoms with Crippen LogP contribution in [0.5, 0.6) is 0 Å². The van der Waals surface area contributed by atoms with Crippen molar-refractivity contribution < 1.29 is 18.0 Å². The molecule has 1 aliphatic rings. The Hall–Kier alpha value is -2.00. The zero-order chi connectivity index (χ0) is 21.2. The van der Waals surface area contributed by atoms with Gasteiger partial charge in [0.2, 0.25) is 5.91 Å². The maximum atomic E-state index is 13.0. The topological polar surface area (TPSA) is 98.1 Å². The number of aryl methyl sites for hydroxylation is 1. The van der Waals surface area contributed by atoms with Crippen LogP contribution in [0.2, 0.25) is 0 Å². The lowest BCUT2D eigenvalue weighted by Crippen LogP contribution is -2.37. The second-order valence-electron chi connectivity index (χ2n) is 7.52. The molecular formula is C20H24BrN3O4S. The number of aromatic nitrogens is 2. The number of nitrogens with one attached hydrogen (secondary N) is 1. The van der Waals surface area contributed by atoms with Crippen molar-refractivity contribution in [1.82, 2.24) is 9.78 Å². The summed E-state index contributed by atoms with van der Waals surface area (Å²) in [5.74, 6) is -1.12. The number of rotatable bonds is 6. The molecular weight excluding hydrogens is 458 g/mol. The van der Waals surface area contributed by atoms with Gasteiger partial charge >= 0.3 is 0 Å². The van der Waals surface area contributed by atoms with E-state index in [0.717, 1.165) is 29.1 Å². The molecule has 1 N–H and O–H groups in total. The number of carbonyl (C=O) groups is 2. The Morgan fingerprint density at radius 3 is 2.41 bits per heavy atom. The molecule has 0 spiro atoms. The SMILES string of the molecule is Cn1ncc(NC(=O)[C@@H]2CCCC[C@H]2C(=O)Cc2ccc(Br)cc2)c1S(C)(=O)=O. The summed E-state index contributed by atoms with van der Waals surface area (Å²) in [5.41, 5.74) is 1.07. The summed E-state index contributed by atoms with van der Waals surface area (Å²) in [6, 6.07) is 7.58. The van der Waals surface area contributed by atoms with Crippen LogP contribution >= 0.6 is 15.9 Å². The molecule has 1 amide bonds. The fourth-order valence-corrected chi connectivity index (χ4v) is 5.24. The minimum atomic E-state index is -3.56. The van der Waals surface area contributed by atoms with E-state index in [1.807, 2.05) is 24.3 Å². The highest BCUT2D eigenvalue weighted by Crippen LogP contribution is 2.33. The number of anilines is 1. The van der Waals surface area contributed by atoms with E-state index in [1.165, 1.54) is 17.9 Å². The van der Waals surface area contributed by atoms with Gasteiger partial charge in [-0.25, -0.2) is 8.42 Å². The van der Waals surface area contributed by atoms with Gasteiger partial charge in [-0.1, -0.05) is 40.9 Å². The van der Waals surface area contributed by atoms with Crippen molar-refractivity contribution in [2.75, 3.05) is 11.6 Å². The van der Waals surface area contributed by atoms with Gasteiger partial charge in [-0.2, -0.15) is 5.10 Å². The van der Waals surface area contributed by atoms with Gasteiger partial charge in [0.05, 0.1) is 11.9 Å². The molecule has 0 bridgehead atoms. The predicted molar refractivity (Wildman–Crippen MR) is 113 cm³/mol. The average molecular weight is 482 g/mol. The van der Waals surface area contributed by atoms with Crippen LogP contribution in [0.3, 0.4) is 0 Å². The molecule has 0 radical (unpaired) electrons. The highest BCUT2D eigenvalue weighted by molar-refractivity contribution is 9.10. The quantitative estimate of drug-likeness (QED) is 0.682. The Morgan fingerprint density at radius 1 is 1.17 bits per heavy atom. The van der Waals surface area contributed by atoms with Gasteiger partial charge in [0.25, 0.3) is 0 Å². The normalized spacial score (nSPS) is 19.7. The molecule has 29 heavy (non-hydrogen) atoms. The van der Waals surface area contributed by atoms with Gasteiger partial charge in [-0.05, 0) is 30.5 Å². The molecule has 1 aromatic carbocycles. The van der Waals surface area contributed by atoms with E-state index < -0.39 is 15.8 Å². The Kier molecular flexibility index (Phi) is 6.58. The second kappa shape index (κ2) is 8.79. The molecule has 0 aliphatic heterocycles. The molecule has 1 aromatic heterocycles. The first-order valence-electron chi connectivity index (χ1n) is 9.47. The summed E-state index contributed by atoms with van der Waals surface area (Å²) in [5, 5.41) is 6.61. The number of hydrogen-bond acceptors (Lipinski definition) is 5. The standard InChI is InChI=1S/C20H24BrN3O4S/c1-24-20(29(2,27)28)17(12-22-24)23-19(26)16-6-4-3-5-15(16)18(25)11-13-7-9-14(21)10-8-13/h7-10,12,15-16H,3-6,11H2,1-2H3,(H,23,26)/t15-,16-/m1/s1. The molecule has 7 nitrogen and oxygen atoms in total. The highest BCUT2D eigenvalue weighted by atomic mass is 79.9. The molecule has 3 rings (SSSR count). The Balaban J connectivity index is 1.76. The molecule has 2 atom stereocenters. The van der Waals surface area contributed by atoms with Crippen molar-refractivity contribution in [3.8, 4) is 0 Å². The van der Waals surface area contributed by atoms with Gasteiger partial charge in [0.1, 0.15) is 5.78 Å². The summed E-state index contributed by atoms with van der Waals surface area (Å²) in [4.78, 5) is 25.9. The van der Waals surface area contributed by atoms with Crippen LogP contribution in [0.1, 0.15) is 31.2 Å². The predicted octanol–water partition coefficient (Wildman–Crippen LogP) is 3.14. The van der Waals surface area contributed by atoms with Crippen LogP contribution in [0.4, 0.5) is 5.69 Å². The van der Waals surface area contributed by atoms with Crippen LogP contribution in [0, 0.1) is 11.8 Å².